The highest BCUT2D eigenvalue weighted by atomic mass is 127. The minimum Gasteiger partial charge on any atom is -0.457 e. The predicted molar refractivity (Wildman–Crippen MR) is 563 cm³/mol. The van der Waals surface area contributed by atoms with Crippen LogP contribution in [-0.4, -0.2) is 87.8 Å². The standard InChI is InChI=1S/C28H28FN5O3.C22H22FN3O.C22H25FN2O.C8H7BrFNO.C8H9BrFN.C8H9FIN.C6H5BrFN.C2H6/c1-4-30-25-18-28(26(17-24(25)29)32-31-20-10-12-21(13-11-20)34(35)36)37-27-9-7-8-19-16-22(14-15-23(19)27)33(5-2)6-3;1-4-24-19-13-21-20(12-17(19)23)25-18-10-7-14-11-15(26(5-2)6-3)8-9-16(14)22(18)27-21;1-4-24-21-15-18(11-13-20(21)23)26-22-9-7-8-16-14-17(10-12-19(16)22)25(5-2)6-3;1-5(12)11-8-4-6(9)2-3-7(8)10;1-2-11-8-5-6(9)3-4-7(8)10;1-2-11-8-5-6(10)3-4-7(8)9;7-4-1-2-5(8)6(9)3-4;1-2/h7-18,30H,4-6H2,1-3H3;7-13H,4-6H2,1-3H3;7-15,24H,4-6H2,1-3H3;2-4H,1H3,(H,11,12);2*3-5,11H,2H2,1H3;1-3H,9H2;1-2H3/p+1. The van der Waals surface area contributed by atoms with Crippen LogP contribution in [0.25, 0.3) is 54.5 Å². The summed E-state index contributed by atoms with van der Waals surface area (Å²) in [5.41, 5.74) is 13.3. The first kappa shape index (κ1) is 108. The summed E-state index contributed by atoms with van der Waals surface area (Å²) in [6.45, 7) is 36.8. The van der Waals surface area contributed by atoms with Gasteiger partial charge in [-0.1, -0.05) is 92.0 Å². The number of nitro groups is 1. The lowest BCUT2D eigenvalue weighted by molar-refractivity contribution is -0.384. The Morgan fingerprint density at radius 3 is 1.42 bits per heavy atom. The van der Waals surface area contributed by atoms with E-state index in [0.717, 1.165) is 124 Å². The van der Waals surface area contributed by atoms with Gasteiger partial charge in [0.1, 0.15) is 87.8 Å². The summed E-state index contributed by atoms with van der Waals surface area (Å²) in [6.07, 6.45) is 0. The highest BCUT2D eigenvalue weighted by molar-refractivity contribution is 14.1. The largest absolute Gasteiger partial charge is 0.457 e. The Labute approximate surface area is 822 Å². The summed E-state index contributed by atoms with van der Waals surface area (Å²) in [6, 6.07) is 69.7. The maximum atomic E-state index is 14.8. The lowest BCUT2D eigenvalue weighted by Gasteiger charge is -2.21. The van der Waals surface area contributed by atoms with Crippen molar-refractivity contribution in [2.24, 2.45) is 10.2 Å². The molecule has 135 heavy (non-hydrogen) atoms. The van der Waals surface area contributed by atoms with Crippen molar-refractivity contribution in [2.75, 3.05) is 119 Å². The summed E-state index contributed by atoms with van der Waals surface area (Å²) in [7, 11) is 0. The van der Waals surface area contributed by atoms with Crippen LogP contribution in [0.5, 0.6) is 23.0 Å². The molecule has 1 amide bonds. The number of carbonyl (C=O) groups is 1. The lowest BCUT2D eigenvalue weighted by atomic mass is 10.1. The number of azo groups is 1. The number of halogens is 11. The van der Waals surface area contributed by atoms with E-state index in [9.17, 15) is 45.6 Å². The quantitative estimate of drug-likeness (QED) is 0.00307. The molecule has 14 aromatic carbocycles. The van der Waals surface area contributed by atoms with Crippen LogP contribution in [0.2, 0.25) is 0 Å². The van der Waals surface area contributed by atoms with Crippen molar-refractivity contribution in [2.45, 2.75) is 96.9 Å². The number of anilines is 9. The highest BCUT2D eigenvalue weighted by Crippen LogP contribution is 2.42. The number of benzene rings is 14. The van der Waals surface area contributed by atoms with Crippen LogP contribution in [0, 0.1) is 54.4 Å². The van der Waals surface area contributed by atoms with Crippen molar-refractivity contribution in [3.8, 4) is 23.0 Å². The molecular weight excluding hydrogens is 2040 g/mol. The Hall–Kier alpha value is -12.6. The molecule has 0 bridgehead atoms. The molecule has 0 fully saturated rings. The summed E-state index contributed by atoms with van der Waals surface area (Å²) in [4.78, 5) is 30.2. The molecule has 0 saturated carbocycles. The van der Waals surface area contributed by atoms with Gasteiger partial charge in [-0.2, -0.15) is 5.11 Å². The van der Waals surface area contributed by atoms with E-state index < -0.39 is 16.6 Å². The number of nitrogen functional groups attached to an aromatic ring is 1. The van der Waals surface area contributed by atoms with Crippen molar-refractivity contribution in [1.82, 2.24) is 9.56 Å². The fourth-order valence-electron chi connectivity index (χ4n) is 13.6. The van der Waals surface area contributed by atoms with Crippen molar-refractivity contribution < 1.29 is 54.3 Å². The third-order valence-corrected chi connectivity index (χ3v) is 22.3. The topological polar surface area (TPSA) is 237 Å². The van der Waals surface area contributed by atoms with Gasteiger partial charge in [0.05, 0.1) is 50.4 Å². The van der Waals surface area contributed by atoms with Gasteiger partial charge in [-0.3, -0.25) is 14.9 Å². The second kappa shape index (κ2) is 54.7. The molecule has 0 aliphatic rings. The molecule has 15 rings (SSSR count). The fourth-order valence-corrected chi connectivity index (χ4v) is 15.2. The first-order valence-electron chi connectivity index (χ1n) is 44.3. The number of rotatable bonds is 26. The normalized spacial score (nSPS) is 10.5. The Morgan fingerprint density at radius 2 is 0.911 bits per heavy atom. The maximum Gasteiger partial charge on any atom is 0.269 e. The van der Waals surface area contributed by atoms with Gasteiger partial charge in [0.15, 0.2) is 16.9 Å². The number of nitrogens with one attached hydrogen (secondary N) is 6. The van der Waals surface area contributed by atoms with E-state index in [1.807, 2.05) is 97.0 Å². The molecule has 710 valence electrons. The highest BCUT2D eigenvalue weighted by Gasteiger charge is 2.19. The van der Waals surface area contributed by atoms with Crippen molar-refractivity contribution >= 4 is 199 Å². The van der Waals surface area contributed by atoms with E-state index >= 15 is 0 Å². The molecule has 0 atom stereocenters. The van der Waals surface area contributed by atoms with Crippen LogP contribution in [0.1, 0.15) is 96.9 Å². The molecule has 0 aliphatic carbocycles. The van der Waals surface area contributed by atoms with Gasteiger partial charge in [0.25, 0.3) is 5.69 Å². The van der Waals surface area contributed by atoms with Gasteiger partial charge >= 0.3 is 0 Å². The summed E-state index contributed by atoms with van der Waals surface area (Å²) in [5.74, 6) is -0.287. The van der Waals surface area contributed by atoms with Crippen LogP contribution in [0.4, 0.5) is 99.0 Å². The Balaban J connectivity index is 0.000000205. The number of nitrogens with zero attached hydrogens (tertiary/aromatic N) is 7. The Kier molecular flexibility index (Phi) is 43.6. The van der Waals surface area contributed by atoms with E-state index in [-0.39, 0.29) is 63.4 Å². The van der Waals surface area contributed by atoms with E-state index in [1.54, 1.807) is 60.7 Å². The van der Waals surface area contributed by atoms with Crippen LogP contribution in [0.15, 0.2) is 271 Å². The van der Waals surface area contributed by atoms with E-state index in [1.165, 1.54) is 96.8 Å². The van der Waals surface area contributed by atoms with Crippen LogP contribution in [-0.2, 0) is 4.79 Å². The van der Waals surface area contributed by atoms with Crippen LogP contribution >= 0.6 is 70.4 Å². The number of hydrogen-bond acceptors (Lipinski definition) is 17. The van der Waals surface area contributed by atoms with Crippen LogP contribution in [0.3, 0.4) is 0 Å². The third kappa shape index (κ3) is 31.5. The fraction of sp³-hybridized carbons (Fsp3) is 0.240. The molecule has 0 unspecified atom stereocenters. The number of non-ortho nitro benzene ring substituents is 1. The molecule has 15 aromatic rings. The van der Waals surface area contributed by atoms with Crippen molar-refractivity contribution in [1.29, 1.82) is 0 Å². The maximum absolute atomic E-state index is 14.8. The number of ether oxygens (including phenoxy) is 2. The SMILES string of the molecule is CC.CC(=O)Nc1cc(Br)ccc1F.CCNc1cc(Br)ccc1F.CCNc1cc(I)ccc1F.CCNc1cc(Oc2cccc3cc(N(CC)CC)ccc23)c(N=Nc2ccc([N+](=O)[O-])cc2)cc1F.CCNc1cc(Oc2cccc3cc(N(CC)CC)ccc23)ccc1F.CCNc1cc2oc3c(ccc4cc(=[N+](CC)CC)ccc43)nc2cc1F.Nc1cc(Br)ccc1F. The molecule has 0 radical (unpaired) electrons. The van der Waals surface area contributed by atoms with Crippen molar-refractivity contribution in [3.63, 3.8) is 0 Å². The molecule has 1 aromatic heterocycles. The van der Waals surface area contributed by atoms with Gasteiger partial charge in [-0.05, 0) is 273 Å². The van der Waals surface area contributed by atoms with E-state index in [4.69, 9.17) is 19.6 Å². The van der Waals surface area contributed by atoms with Gasteiger partial charge in [0, 0.05) is 165 Å². The summed E-state index contributed by atoms with van der Waals surface area (Å²) < 4.78 is 118. The zero-order valence-corrected chi connectivity index (χ0v) is 84.6. The Morgan fingerprint density at radius 1 is 0.452 bits per heavy atom. The molecule has 0 saturated heterocycles. The van der Waals surface area contributed by atoms with Gasteiger partial charge in [0.2, 0.25) is 11.3 Å². The third-order valence-electron chi connectivity index (χ3n) is 20.1. The zero-order valence-electron chi connectivity index (χ0n) is 77.7. The monoisotopic (exact) mass is 2150 g/mol. The average Bonchev–Trinajstić information content (AvgIpc) is 0.757. The number of nitro benzene ring substituents is 1. The average molecular weight is 2150 g/mol. The Bertz CT molecular complexity index is 6540. The first-order chi connectivity index (χ1) is 65.0. The number of amides is 1. The number of fused-ring (bicyclic) bond motifs is 6. The van der Waals surface area contributed by atoms with Gasteiger partial charge in [-0.25, -0.2) is 40.3 Å². The molecule has 8 N–H and O–H groups in total. The number of nitrogens with two attached hydrogens (primary N) is 1. The predicted octanol–water partition coefficient (Wildman–Crippen LogP) is 30.6. The minimum absolute atomic E-state index is 0.0517. The molecule has 0 aliphatic heterocycles. The molecule has 20 nitrogen and oxygen atoms in total. The lowest BCUT2D eigenvalue weighted by Crippen LogP contribution is -2.29. The second-order valence-electron chi connectivity index (χ2n) is 29.2. The molecule has 0 spiro atoms. The first-order valence-corrected chi connectivity index (χ1v) is 47.7. The summed E-state index contributed by atoms with van der Waals surface area (Å²) >= 11 is 11.7. The van der Waals surface area contributed by atoms with Crippen molar-refractivity contribution in [3.05, 3.63) is 316 Å². The second-order valence-corrected chi connectivity index (χ2v) is 33.2. The zero-order chi connectivity index (χ0) is 98.4. The number of aromatic nitrogens is 1. The summed E-state index contributed by atoms with van der Waals surface area (Å²) in [5, 5.41) is 43.9. The van der Waals surface area contributed by atoms with Crippen LogP contribution < -0.4 is 66.8 Å². The smallest absolute Gasteiger partial charge is 0.269 e. The van der Waals surface area contributed by atoms with E-state index in [2.05, 4.69) is 228 Å². The van der Waals surface area contributed by atoms with Gasteiger partial charge < -0.3 is 61.3 Å². The number of carbonyl (C=O) groups excluding carboxylic acids is 1. The molecular formula is C104H112Br3F7IN14O6+. The van der Waals surface area contributed by atoms with Gasteiger partial charge in [-0.15, -0.1) is 5.11 Å². The minimum atomic E-state index is -0.492. The molecule has 1 heterocycles. The van der Waals surface area contributed by atoms with E-state index in [0.29, 0.717) is 76.4 Å². The number of hydrogen-bond donors (Lipinski definition) is 7. The molecule has 31 heteroatoms.